The van der Waals surface area contributed by atoms with Gasteiger partial charge in [-0.05, 0) is 48.6 Å². The van der Waals surface area contributed by atoms with Crippen LogP contribution in [0.15, 0.2) is 48.5 Å². The standard InChI is InChI=1S/C23H26N2O3/c1-17-5-2-3-8-20(17)18-6-4-7-19(15-18)22(27)25-12-9-23(10-13-25)16-21(26)24-11-14-28-23/h2-8,15H,9-14,16H2,1H3,(H,24,26). The average Bonchev–Trinajstić information content (AvgIpc) is 2.89. The molecular formula is C23H26N2O3. The molecule has 0 unspecified atom stereocenters. The maximum absolute atomic E-state index is 13.1. The lowest BCUT2D eigenvalue weighted by molar-refractivity contribution is -0.127. The third kappa shape index (κ3) is 3.80. The Hall–Kier alpha value is -2.66. The fourth-order valence-corrected chi connectivity index (χ4v) is 4.20. The first-order valence-electron chi connectivity index (χ1n) is 9.92. The Balaban J connectivity index is 1.48. The number of benzene rings is 2. The van der Waals surface area contributed by atoms with Crippen LogP contribution in [0, 0.1) is 6.92 Å². The minimum Gasteiger partial charge on any atom is -0.372 e. The summed E-state index contributed by atoms with van der Waals surface area (Å²) in [5.41, 5.74) is 3.68. The van der Waals surface area contributed by atoms with Gasteiger partial charge in [0.1, 0.15) is 0 Å². The first-order valence-corrected chi connectivity index (χ1v) is 9.92. The molecule has 4 rings (SSSR count). The highest BCUT2D eigenvalue weighted by molar-refractivity contribution is 5.95. The molecule has 2 aliphatic heterocycles. The fraction of sp³-hybridized carbons (Fsp3) is 0.391. The number of ether oxygens (including phenoxy) is 1. The van der Waals surface area contributed by atoms with E-state index in [0.717, 1.165) is 11.1 Å². The molecule has 2 aliphatic rings. The van der Waals surface area contributed by atoms with Crippen molar-refractivity contribution < 1.29 is 14.3 Å². The van der Waals surface area contributed by atoms with Crippen molar-refractivity contribution in [2.75, 3.05) is 26.2 Å². The zero-order valence-corrected chi connectivity index (χ0v) is 16.2. The highest BCUT2D eigenvalue weighted by Crippen LogP contribution is 2.32. The number of aryl methyl sites for hydroxylation is 1. The lowest BCUT2D eigenvalue weighted by Crippen LogP contribution is -2.49. The number of carbonyl (C=O) groups excluding carboxylic acids is 2. The number of amides is 2. The molecule has 5 heteroatoms. The molecule has 0 saturated carbocycles. The van der Waals surface area contributed by atoms with Crippen LogP contribution >= 0.6 is 0 Å². The van der Waals surface area contributed by atoms with E-state index in [1.54, 1.807) is 0 Å². The summed E-state index contributed by atoms with van der Waals surface area (Å²) in [6.07, 6.45) is 1.78. The summed E-state index contributed by atoms with van der Waals surface area (Å²) in [7, 11) is 0. The molecule has 2 amide bonds. The van der Waals surface area contributed by atoms with E-state index in [1.165, 1.54) is 5.56 Å². The lowest BCUT2D eigenvalue weighted by Gasteiger charge is -2.40. The topological polar surface area (TPSA) is 58.6 Å². The molecule has 2 aromatic rings. The normalized spacial score (nSPS) is 19.2. The summed E-state index contributed by atoms with van der Waals surface area (Å²) < 4.78 is 6.00. The third-order valence-electron chi connectivity index (χ3n) is 5.84. The van der Waals surface area contributed by atoms with E-state index in [2.05, 4.69) is 24.4 Å². The van der Waals surface area contributed by atoms with Gasteiger partial charge in [-0.3, -0.25) is 9.59 Å². The number of nitrogens with one attached hydrogen (secondary N) is 1. The number of piperidine rings is 1. The number of hydrogen-bond donors (Lipinski definition) is 1. The van der Waals surface area contributed by atoms with Gasteiger partial charge < -0.3 is 15.0 Å². The van der Waals surface area contributed by atoms with E-state index >= 15 is 0 Å². The number of rotatable bonds is 2. The minimum absolute atomic E-state index is 0.0446. The quantitative estimate of drug-likeness (QED) is 0.873. The molecule has 2 saturated heterocycles. The zero-order valence-electron chi connectivity index (χ0n) is 16.2. The largest absolute Gasteiger partial charge is 0.372 e. The van der Waals surface area contributed by atoms with E-state index in [9.17, 15) is 9.59 Å². The van der Waals surface area contributed by atoms with Crippen LogP contribution in [-0.2, 0) is 9.53 Å². The summed E-state index contributed by atoms with van der Waals surface area (Å²) >= 11 is 0. The first-order chi connectivity index (χ1) is 13.6. The number of nitrogens with zero attached hydrogens (tertiary/aromatic N) is 1. The zero-order chi connectivity index (χ0) is 19.6. The van der Waals surface area contributed by atoms with Crippen LogP contribution in [0.1, 0.15) is 35.2 Å². The fourth-order valence-electron chi connectivity index (χ4n) is 4.20. The first kappa shape index (κ1) is 18.7. The van der Waals surface area contributed by atoms with Gasteiger partial charge in [-0.1, -0.05) is 36.4 Å². The molecule has 0 bridgehead atoms. The van der Waals surface area contributed by atoms with Crippen LogP contribution in [0.2, 0.25) is 0 Å². The van der Waals surface area contributed by atoms with Gasteiger partial charge in [-0.2, -0.15) is 0 Å². The molecule has 2 fully saturated rings. The van der Waals surface area contributed by atoms with Crippen LogP contribution in [0.25, 0.3) is 11.1 Å². The summed E-state index contributed by atoms with van der Waals surface area (Å²) in [5.74, 6) is 0.0894. The Morgan fingerprint density at radius 3 is 2.68 bits per heavy atom. The van der Waals surface area contributed by atoms with Gasteiger partial charge in [-0.25, -0.2) is 0 Å². The number of likely N-dealkylation sites (tertiary alicyclic amines) is 1. The maximum Gasteiger partial charge on any atom is 0.253 e. The van der Waals surface area contributed by atoms with Crippen molar-refractivity contribution in [3.63, 3.8) is 0 Å². The Kier molecular flexibility index (Phi) is 5.18. The van der Waals surface area contributed by atoms with Gasteiger partial charge in [0, 0.05) is 25.2 Å². The summed E-state index contributed by atoms with van der Waals surface area (Å²) in [6.45, 7) is 4.41. The molecule has 146 valence electrons. The predicted octanol–water partition coefficient (Wildman–Crippen LogP) is 3.17. The van der Waals surface area contributed by atoms with Gasteiger partial charge >= 0.3 is 0 Å². The van der Waals surface area contributed by atoms with E-state index in [4.69, 9.17) is 4.74 Å². The van der Waals surface area contributed by atoms with Crippen LogP contribution in [0.5, 0.6) is 0 Å². The molecule has 1 spiro atoms. The highest BCUT2D eigenvalue weighted by Gasteiger charge is 2.39. The van der Waals surface area contributed by atoms with Crippen molar-refractivity contribution in [3.8, 4) is 11.1 Å². The Bertz CT molecular complexity index is 885. The third-order valence-corrected chi connectivity index (χ3v) is 5.84. The highest BCUT2D eigenvalue weighted by atomic mass is 16.5. The molecule has 2 heterocycles. The minimum atomic E-state index is -0.416. The van der Waals surface area contributed by atoms with E-state index in [0.29, 0.717) is 51.1 Å². The molecule has 5 nitrogen and oxygen atoms in total. The summed E-state index contributed by atoms with van der Waals surface area (Å²) in [4.78, 5) is 26.9. The molecule has 2 aromatic carbocycles. The van der Waals surface area contributed by atoms with Crippen molar-refractivity contribution in [2.24, 2.45) is 0 Å². The second kappa shape index (κ2) is 7.76. The Morgan fingerprint density at radius 2 is 1.89 bits per heavy atom. The number of carbonyl (C=O) groups is 2. The van der Waals surface area contributed by atoms with Crippen molar-refractivity contribution in [2.45, 2.75) is 31.8 Å². The molecule has 0 atom stereocenters. The van der Waals surface area contributed by atoms with Gasteiger partial charge in [0.25, 0.3) is 5.91 Å². The average molecular weight is 378 g/mol. The monoisotopic (exact) mass is 378 g/mol. The second-order valence-electron chi connectivity index (χ2n) is 7.75. The lowest BCUT2D eigenvalue weighted by atomic mass is 9.87. The smallest absolute Gasteiger partial charge is 0.253 e. The second-order valence-corrected chi connectivity index (χ2v) is 7.75. The summed E-state index contributed by atoms with van der Waals surface area (Å²) in [5, 5.41) is 2.86. The van der Waals surface area contributed by atoms with E-state index in [1.807, 2.05) is 41.3 Å². The molecule has 28 heavy (non-hydrogen) atoms. The number of hydrogen-bond acceptors (Lipinski definition) is 3. The SMILES string of the molecule is Cc1ccccc1-c1cccc(C(=O)N2CCC3(CC2)CC(=O)NCCO3)c1. The summed E-state index contributed by atoms with van der Waals surface area (Å²) in [6, 6.07) is 16.0. The van der Waals surface area contributed by atoms with Crippen LogP contribution < -0.4 is 5.32 Å². The Morgan fingerprint density at radius 1 is 1.11 bits per heavy atom. The van der Waals surface area contributed by atoms with Gasteiger partial charge in [-0.15, -0.1) is 0 Å². The molecule has 0 radical (unpaired) electrons. The van der Waals surface area contributed by atoms with Crippen molar-refractivity contribution >= 4 is 11.8 Å². The molecule has 0 aliphatic carbocycles. The van der Waals surface area contributed by atoms with E-state index < -0.39 is 5.60 Å². The van der Waals surface area contributed by atoms with Crippen LogP contribution in [-0.4, -0.2) is 48.6 Å². The van der Waals surface area contributed by atoms with Gasteiger partial charge in [0.2, 0.25) is 5.91 Å². The van der Waals surface area contributed by atoms with Crippen molar-refractivity contribution in [3.05, 3.63) is 59.7 Å². The molecule has 0 aromatic heterocycles. The van der Waals surface area contributed by atoms with Crippen molar-refractivity contribution in [1.29, 1.82) is 0 Å². The maximum atomic E-state index is 13.1. The van der Waals surface area contributed by atoms with Gasteiger partial charge in [0.05, 0.1) is 18.6 Å². The van der Waals surface area contributed by atoms with Crippen LogP contribution in [0.3, 0.4) is 0 Å². The predicted molar refractivity (Wildman–Crippen MR) is 108 cm³/mol. The molecular weight excluding hydrogens is 352 g/mol. The molecule has 1 N–H and O–H groups in total. The van der Waals surface area contributed by atoms with E-state index in [-0.39, 0.29) is 11.8 Å². The Labute approximate surface area is 165 Å². The van der Waals surface area contributed by atoms with Crippen LogP contribution in [0.4, 0.5) is 0 Å². The van der Waals surface area contributed by atoms with Gasteiger partial charge in [0.15, 0.2) is 0 Å². The van der Waals surface area contributed by atoms with Crippen molar-refractivity contribution in [1.82, 2.24) is 10.2 Å².